The molecular formula is C14H25N3S. The average Bonchev–Trinajstić information content (AvgIpc) is 2.58. The molecule has 0 aromatic carbocycles. The molecule has 4 heteroatoms. The summed E-state index contributed by atoms with van der Waals surface area (Å²) in [7, 11) is 0. The van der Waals surface area contributed by atoms with Crippen molar-refractivity contribution in [2.24, 2.45) is 5.92 Å². The molecule has 102 valence electrons. The fraction of sp³-hybridized carbons (Fsp3) is 0.786. The SMILES string of the molecule is Cc1ncsc1CN1CCCNC(CC(C)C)C1. The Morgan fingerprint density at radius 1 is 1.56 bits per heavy atom. The first-order chi connectivity index (χ1) is 8.65. The van der Waals surface area contributed by atoms with Gasteiger partial charge in [-0.2, -0.15) is 0 Å². The number of hydrogen-bond acceptors (Lipinski definition) is 4. The monoisotopic (exact) mass is 267 g/mol. The van der Waals surface area contributed by atoms with Gasteiger partial charge < -0.3 is 5.32 Å². The van der Waals surface area contributed by atoms with Crippen molar-refractivity contribution in [3.63, 3.8) is 0 Å². The Morgan fingerprint density at radius 2 is 2.39 bits per heavy atom. The Balaban J connectivity index is 1.92. The number of nitrogens with one attached hydrogen (secondary N) is 1. The molecule has 1 atom stereocenters. The fourth-order valence-electron chi connectivity index (χ4n) is 2.63. The number of aryl methyl sites for hydroxylation is 1. The van der Waals surface area contributed by atoms with E-state index < -0.39 is 0 Å². The normalized spacial score (nSPS) is 22.3. The topological polar surface area (TPSA) is 28.2 Å². The summed E-state index contributed by atoms with van der Waals surface area (Å²) in [6, 6.07) is 0.653. The van der Waals surface area contributed by atoms with Gasteiger partial charge in [-0.15, -0.1) is 11.3 Å². The van der Waals surface area contributed by atoms with Crippen molar-refractivity contribution >= 4 is 11.3 Å². The van der Waals surface area contributed by atoms with Crippen LogP contribution in [-0.4, -0.2) is 35.6 Å². The molecule has 1 aliphatic rings. The van der Waals surface area contributed by atoms with Gasteiger partial charge >= 0.3 is 0 Å². The number of rotatable bonds is 4. The Kier molecular flexibility index (Phi) is 5.15. The van der Waals surface area contributed by atoms with Gasteiger partial charge in [0.15, 0.2) is 0 Å². The van der Waals surface area contributed by atoms with Crippen molar-refractivity contribution in [3.8, 4) is 0 Å². The Morgan fingerprint density at radius 3 is 3.06 bits per heavy atom. The Bertz CT molecular complexity index is 362. The van der Waals surface area contributed by atoms with Crippen molar-refractivity contribution in [1.82, 2.24) is 15.2 Å². The molecule has 2 rings (SSSR count). The zero-order valence-corrected chi connectivity index (χ0v) is 12.6. The molecule has 18 heavy (non-hydrogen) atoms. The first-order valence-corrected chi connectivity index (χ1v) is 7.88. The first-order valence-electron chi connectivity index (χ1n) is 7.00. The summed E-state index contributed by atoms with van der Waals surface area (Å²) in [6.45, 7) is 11.4. The van der Waals surface area contributed by atoms with Gasteiger partial charge in [-0.25, -0.2) is 4.98 Å². The number of nitrogens with zero attached hydrogens (tertiary/aromatic N) is 2. The van der Waals surface area contributed by atoms with Crippen molar-refractivity contribution in [2.45, 2.75) is 46.2 Å². The van der Waals surface area contributed by atoms with Crippen LogP contribution in [-0.2, 0) is 6.54 Å². The smallest absolute Gasteiger partial charge is 0.0798 e. The molecule has 1 unspecified atom stereocenters. The molecule has 0 amide bonds. The summed E-state index contributed by atoms with van der Waals surface area (Å²) in [5, 5.41) is 3.68. The third-order valence-corrected chi connectivity index (χ3v) is 4.45. The molecule has 0 spiro atoms. The number of hydrogen-bond donors (Lipinski definition) is 1. The van der Waals surface area contributed by atoms with Gasteiger partial charge in [-0.3, -0.25) is 4.90 Å². The van der Waals surface area contributed by atoms with Crippen LogP contribution in [0.3, 0.4) is 0 Å². The molecule has 1 aromatic rings. The summed E-state index contributed by atoms with van der Waals surface area (Å²) >= 11 is 1.79. The van der Waals surface area contributed by atoms with Crippen molar-refractivity contribution in [3.05, 3.63) is 16.1 Å². The van der Waals surface area contributed by atoms with Crippen LogP contribution in [0.1, 0.15) is 37.3 Å². The Hall–Kier alpha value is -0.450. The van der Waals surface area contributed by atoms with E-state index in [4.69, 9.17) is 0 Å². The maximum absolute atomic E-state index is 4.35. The molecule has 0 bridgehead atoms. The predicted octanol–water partition coefficient (Wildman–Crippen LogP) is 2.66. The van der Waals surface area contributed by atoms with Crippen LogP contribution >= 0.6 is 11.3 Å². The van der Waals surface area contributed by atoms with Gasteiger partial charge in [0.05, 0.1) is 11.2 Å². The summed E-state index contributed by atoms with van der Waals surface area (Å²) in [5.41, 5.74) is 3.17. The molecule has 1 aliphatic heterocycles. The van der Waals surface area contributed by atoms with Crippen LogP contribution in [0.15, 0.2) is 5.51 Å². The zero-order chi connectivity index (χ0) is 13.0. The summed E-state index contributed by atoms with van der Waals surface area (Å²) in [5.74, 6) is 0.771. The lowest BCUT2D eigenvalue weighted by atomic mass is 10.0. The number of thiazole rings is 1. The highest BCUT2D eigenvalue weighted by Crippen LogP contribution is 2.17. The predicted molar refractivity (Wildman–Crippen MR) is 78.0 cm³/mol. The first kappa shape index (κ1) is 14.0. The van der Waals surface area contributed by atoms with E-state index in [0.29, 0.717) is 6.04 Å². The van der Waals surface area contributed by atoms with Crippen LogP contribution in [0.4, 0.5) is 0 Å². The van der Waals surface area contributed by atoms with Gasteiger partial charge in [0, 0.05) is 24.0 Å². The third-order valence-electron chi connectivity index (χ3n) is 3.53. The van der Waals surface area contributed by atoms with Gasteiger partial charge in [0.1, 0.15) is 0 Å². The molecule has 1 fully saturated rings. The van der Waals surface area contributed by atoms with Crippen LogP contribution in [0.25, 0.3) is 0 Å². The second-order valence-electron chi connectivity index (χ2n) is 5.73. The van der Waals surface area contributed by atoms with E-state index >= 15 is 0 Å². The van der Waals surface area contributed by atoms with E-state index in [1.54, 1.807) is 11.3 Å². The van der Waals surface area contributed by atoms with E-state index in [-0.39, 0.29) is 0 Å². The molecular weight excluding hydrogens is 242 g/mol. The lowest BCUT2D eigenvalue weighted by molar-refractivity contribution is 0.249. The minimum absolute atomic E-state index is 0.653. The Labute approximate surface area is 115 Å². The second-order valence-corrected chi connectivity index (χ2v) is 6.67. The maximum Gasteiger partial charge on any atom is 0.0798 e. The van der Waals surface area contributed by atoms with Gasteiger partial charge in [0.2, 0.25) is 0 Å². The molecule has 0 saturated carbocycles. The quantitative estimate of drug-likeness (QED) is 0.909. The van der Waals surface area contributed by atoms with E-state index in [1.165, 1.54) is 36.5 Å². The van der Waals surface area contributed by atoms with E-state index in [2.05, 4.69) is 36.0 Å². The zero-order valence-electron chi connectivity index (χ0n) is 11.8. The largest absolute Gasteiger partial charge is 0.313 e. The standard InChI is InChI=1S/C14H25N3S/c1-11(2)7-13-8-17(6-4-5-15-13)9-14-12(3)16-10-18-14/h10-11,13,15H,4-9H2,1-3H3. The molecule has 2 heterocycles. The minimum atomic E-state index is 0.653. The molecule has 3 nitrogen and oxygen atoms in total. The van der Waals surface area contributed by atoms with Gasteiger partial charge in [-0.1, -0.05) is 13.8 Å². The highest BCUT2D eigenvalue weighted by atomic mass is 32.1. The summed E-state index contributed by atoms with van der Waals surface area (Å²) < 4.78 is 0. The minimum Gasteiger partial charge on any atom is -0.313 e. The fourth-order valence-corrected chi connectivity index (χ4v) is 3.45. The van der Waals surface area contributed by atoms with E-state index in [9.17, 15) is 0 Å². The maximum atomic E-state index is 4.35. The molecule has 0 radical (unpaired) electrons. The summed E-state index contributed by atoms with van der Waals surface area (Å²) in [6.07, 6.45) is 2.53. The summed E-state index contributed by atoms with van der Waals surface area (Å²) in [4.78, 5) is 8.37. The number of aromatic nitrogens is 1. The molecule has 1 N–H and O–H groups in total. The van der Waals surface area contributed by atoms with Crippen LogP contribution in [0.2, 0.25) is 0 Å². The van der Waals surface area contributed by atoms with Crippen molar-refractivity contribution < 1.29 is 0 Å². The molecule has 0 aliphatic carbocycles. The molecule has 1 saturated heterocycles. The van der Waals surface area contributed by atoms with Crippen molar-refractivity contribution in [1.29, 1.82) is 0 Å². The lowest BCUT2D eigenvalue weighted by Gasteiger charge is -2.25. The van der Waals surface area contributed by atoms with Gasteiger partial charge in [0.25, 0.3) is 0 Å². The third kappa shape index (κ3) is 4.04. The lowest BCUT2D eigenvalue weighted by Crippen LogP contribution is -2.38. The second kappa shape index (κ2) is 6.64. The van der Waals surface area contributed by atoms with E-state index in [0.717, 1.165) is 19.0 Å². The van der Waals surface area contributed by atoms with Crippen LogP contribution in [0.5, 0.6) is 0 Å². The van der Waals surface area contributed by atoms with Crippen LogP contribution < -0.4 is 5.32 Å². The highest BCUT2D eigenvalue weighted by molar-refractivity contribution is 7.09. The molecule has 1 aromatic heterocycles. The highest BCUT2D eigenvalue weighted by Gasteiger charge is 2.19. The van der Waals surface area contributed by atoms with Gasteiger partial charge in [-0.05, 0) is 38.8 Å². The average molecular weight is 267 g/mol. The van der Waals surface area contributed by atoms with Crippen molar-refractivity contribution in [2.75, 3.05) is 19.6 Å². The van der Waals surface area contributed by atoms with E-state index in [1.807, 2.05) is 5.51 Å². The van der Waals surface area contributed by atoms with Crippen LogP contribution in [0, 0.1) is 12.8 Å².